The minimum atomic E-state index is -1.13. The Bertz CT molecular complexity index is 467. The zero-order valence-corrected chi connectivity index (χ0v) is 11.6. The van der Waals surface area contributed by atoms with E-state index in [0.29, 0.717) is 47.6 Å². The van der Waals surface area contributed by atoms with E-state index in [0.717, 1.165) is 0 Å². The third kappa shape index (κ3) is 3.12. The Morgan fingerprint density at radius 1 is 1.32 bits per heavy atom. The summed E-state index contributed by atoms with van der Waals surface area (Å²) in [5.74, 6) is -1.12. The van der Waals surface area contributed by atoms with E-state index in [1.54, 1.807) is 12.1 Å². The van der Waals surface area contributed by atoms with E-state index in [9.17, 15) is 4.79 Å². The van der Waals surface area contributed by atoms with Crippen LogP contribution in [0.4, 0.5) is 5.69 Å². The fourth-order valence-corrected chi connectivity index (χ4v) is 2.74. The Balaban J connectivity index is 2.34. The molecule has 1 aliphatic heterocycles. The molecule has 1 heterocycles. The van der Waals surface area contributed by atoms with Crippen molar-refractivity contribution in [3.8, 4) is 0 Å². The number of morpholine rings is 1. The number of hydrogen-bond acceptors (Lipinski definition) is 4. The van der Waals surface area contributed by atoms with E-state index in [1.165, 1.54) is 0 Å². The number of benzene rings is 1. The number of aliphatic carboxylic acids is 1. The lowest BCUT2D eigenvalue weighted by Gasteiger charge is -2.30. The molecule has 0 aliphatic carbocycles. The maximum Gasteiger partial charge on any atom is 0.325 e. The number of hydrogen-bond donors (Lipinski definition) is 2. The van der Waals surface area contributed by atoms with Crippen LogP contribution in [0, 0.1) is 0 Å². The quantitative estimate of drug-likeness (QED) is 0.892. The van der Waals surface area contributed by atoms with Gasteiger partial charge >= 0.3 is 5.97 Å². The molecule has 1 aliphatic rings. The number of carboxylic acid groups (broad SMARTS) is 1. The summed E-state index contributed by atoms with van der Waals surface area (Å²) in [4.78, 5) is 12.9. The highest BCUT2D eigenvalue weighted by molar-refractivity contribution is 6.39. The second-order valence-electron chi connectivity index (χ2n) is 4.25. The van der Waals surface area contributed by atoms with Gasteiger partial charge in [0.2, 0.25) is 0 Å². The van der Waals surface area contributed by atoms with Gasteiger partial charge in [0.05, 0.1) is 28.9 Å². The summed E-state index contributed by atoms with van der Waals surface area (Å²) in [7, 11) is 0. The number of rotatable bonds is 3. The summed E-state index contributed by atoms with van der Waals surface area (Å²) in [6.07, 6.45) is 0. The van der Waals surface area contributed by atoms with E-state index in [-0.39, 0.29) is 0 Å². The predicted octanol–water partition coefficient (Wildman–Crippen LogP) is 1.91. The van der Waals surface area contributed by atoms with Gasteiger partial charge in [-0.3, -0.25) is 4.79 Å². The molecule has 19 heavy (non-hydrogen) atoms. The first-order valence-electron chi connectivity index (χ1n) is 5.80. The molecule has 1 saturated heterocycles. The first-order chi connectivity index (χ1) is 9.00. The van der Waals surface area contributed by atoms with Gasteiger partial charge in [-0.2, -0.15) is 0 Å². The van der Waals surface area contributed by atoms with Crippen LogP contribution in [0.1, 0.15) is 11.6 Å². The predicted molar refractivity (Wildman–Crippen MR) is 74.1 cm³/mol. The Morgan fingerprint density at radius 2 is 1.84 bits per heavy atom. The summed E-state index contributed by atoms with van der Waals surface area (Å²) in [5, 5.41) is 9.70. The molecule has 0 unspecified atom stereocenters. The third-order valence-electron chi connectivity index (χ3n) is 2.99. The van der Waals surface area contributed by atoms with Crippen molar-refractivity contribution in [2.75, 3.05) is 31.2 Å². The number of carboxylic acids is 1. The Morgan fingerprint density at radius 3 is 2.32 bits per heavy atom. The Labute approximate surface area is 120 Å². The van der Waals surface area contributed by atoms with Gasteiger partial charge in [0.1, 0.15) is 6.04 Å². The van der Waals surface area contributed by atoms with Crippen molar-refractivity contribution in [2.24, 2.45) is 5.73 Å². The maximum atomic E-state index is 10.9. The molecule has 1 atom stereocenters. The highest BCUT2D eigenvalue weighted by Crippen LogP contribution is 2.36. The summed E-state index contributed by atoms with van der Waals surface area (Å²) in [5.41, 5.74) is 6.64. The van der Waals surface area contributed by atoms with Crippen LogP contribution in [-0.2, 0) is 9.53 Å². The van der Waals surface area contributed by atoms with Gasteiger partial charge in [0.25, 0.3) is 0 Å². The fraction of sp³-hybridized carbons (Fsp3) is 0.417. The zero-order chi connectivity index (χ0) is 14.0. The summed E-state index contributed by atoms with van der Waals surface area (Å²) in [6.45, 7) is 2.62. The van der Waals surface area contributed by atoms with Crippen molar-refractivity contribution in [3.63, 3.8) is 0 Å². The molecule has 0 bridgehead atoms. The van der Waals surface area contributed by atoms with Gasteiger partial charge in [-0.25, -0.2) is 0 Å². The van der Waals surface area contributed by atoms with Crippen LogP contribution in [0.25, 0.3) is 0 Å². The second-order valence-corrected chi connectivity index (χ2v) is 5.06. The normalized spacial score (nSPS) is 17.3. The van der Waals surface area contributed by atoms with Gasteiger partial charge in [-0.15, -0.1) is 0 Å². The van der Waals surface area contributed by atoms with Crippen molar-refractivity contribution in [1.82, 2.24) is 0 Å². The molecule has 0 saturated carbocycles. The number of nitrogens with zero attached hydrogens (tertiary/aromatic N) is 1. The number of ether oxygens (including phenoxy) is 1. The lowest BCUT2D eigenvalue weighted by atomic mass is 10.1. The molecular formula is C12H14Cl2N2O3. The standard InChI is InChI=1S/C12H14Cl2N2O3/c13-8-5-7(10(15)12(17)18)6-9(14)11(8)16-1-3-19-4-2-16/h5-6,10H,1-4,15H2,(H,17,18)/t10-/m0/s1. The van der Waals surface area contributed by atoms with Crippen LogP contribution in [0.15, 0.2) is 12.1 Å². The highest BCUT2D eigenvalue weighted by atomic mass is 35.5. The van der Waals surface area contributed by atoms with Crippen molar-refractivity contribution in [3.05, 3.63) is 27.7 Å². The first-order valence-corrected chi connectivity index (χ1v) is 6.56. The van der Waals surface area contributed by atoms with Crippen LogP contribution in [0.2, 0.25) is 10.0 Å². The van der Waals surface area contributed by atoms with Crippen molar-refractivity contribution in [2.45, 2.75) is 6.04 Å². The second kappa shape index (κ2) is 5.96. The average molecular weight is 305 g/mol. The van der Waals surface area contributed by atoms with Gasteiger partial charge < -0.3 is 20.5 Å². The minimum Gasteiger partial charge on any atom is -0.480 e. The van der Waals surface area contributed by atoms with Gasteiger partial charge in [0.15, 0.2) is 0 Å². The number of halogens is 2. The largest absolute Gasteiger partial charge is 0.480 e. The van der Waals surface area contributed by atoms with Crippen molar-refractivity contribution in [1.29, 1.82) is 0 Å². The van der Waals surface area contributed by atoms with Gasteiger partial charge in [0, 0.05) is 13.1 Å². The van der Waals surface area contributed by atoms with Crippen LogP contribution < -0.4 is 10.6 Å². The van der Waals surface area contributed by atoms with Crippen molar-refractivity contribution >= 4 is 34.9 Å². The SMILES string of the molecule is N[C@H](C(=O)O)c1cc(Cl)c(N2CCOCC2)c(Cl)c1. The molecule has 2 rings (SSSR count). The molecular weight excluding hydrogens is 291 g/mol. The smallest absolute Gasteiger partial charge is 0.325 e. The molecule has 0 spiro atoms. The lowest BCUT2D eigenvalue weighted by molar-refractivity contribution is -0.138. The van der Waals surface area contributed by atoms with E-state index in [1.807, 2.05) is 4.90 Å². The fourth-order valence-electron chi connectivity index (χ4n) is 2.00. The molecule has 1 aromatic rings. The number of anilines is 1. The molecule has 7 heteroatoms. The number of nitrogens with two attached hydrogens (primary N) is 1. The molecule has 0 radical (unpaired) electrons. The molecule has 0 aromatic heterocycles. The Kier molecular flexibility index (Phi) is 4.52. The van der Waals surface area contributed by atoms with E-state index in [4.69, 9.17) is 38.8 Å². The highest BCUT2D eigenvalue weighted by Gasteiger charge is 2.21. The Hall–Kier alpha value is -1.01. The van der Waals surface area contributed by atoms with Gasteiger partial charge in [-0.05, 0) is 17.7 Å². The summed E-state index contributed by atoms with van der Waals surface area (Å²) >= 11 is 12.4. The molecule has 5 nitrogen and oxygen atoms in total. The van der Waals surface area contributed by atoms with E-state index in [2.05, 4.69) is 0 Å². The minimum absolute atomic E-state index is 0.388. The van der Waals surface area contributed by atoms with E-state index >= 15 is 0 Å². The van der Waals surface area contributed by atoms with Crippen LogP contribution >= 0.6 is 23.2 Å². The topological polar surface area (TPSA) is 75.8 Å². The maximum absolute atomic E-state index is 10.9. The summed E-state index contributed by atoms with van der Waals surface area (Å²) in [6, 6.07) is 1.97. The average Bonchev–Trinajstić information content (AvgIpc) is 2.38. The third-order valence-corrected chi connectivity index (χ3v) is 3.57. The monoisotopic (exact) mass is 304 g/mol. The molecule has 3 N–H and O–H groups in total. The molecule has 1 aromatic carbocycles. The number of carbonyl (C=O) groups is 1. The molecule has 0 amide bonds. The molecule has 104 valence electrons. The first kappa shape index (κ1) is 14.4. The van der Waals surface area contributed by atoms with Crippen LogP contribution in [-0.4, -0.2) is 37.4 Å². The lowest BCUT2D eigenvalue weighted by Crippen LogP contribution is -2.36. The summed E-state index contributed by atoms with van der Waals surface area (Å²) < 4.78 is 5.27. The van der Waals surface area contributed by atoms with Gasteiger partial charge in [-0.1, -0.05) is 23.2 Å². The van der Waals surface area contributed by atoms with Crippen LogP contribution in [0.5, 0.6) is 0 Å². The zero-order valence-electron chi connectivity index (χ0n) is 10.1. The van der Waals surface area contributed by atoms with Crippen LogP contribution in [0.3, 0.4) is 0 Å². The molecule has 1 fully saturated rings. The van der Waals surface area contributed by atoms with Crippen molar-refractivity contribution < 1.29 is 14.6 Å². The van der Waals surface area contributed by atoms with E-state index < -0.39 is 12.0 Å².